The molecule has 1 aliphatic rings. The Labute approximate surface area is 60.6 Å². The van der Waals surface area contributed by atoms with E-state index < -0.39 is 15.1 Å². The number of sulfone groups is 1. The van der Waals surface area contributed by atoms with Crippen molar-refractivity contribution >= 4 is 9.84 Å². The Bertz CT molecular complexity index is 240. The van der Waals surface area contributed by atoms with Gasteiger partial charge in [0.1, 0.15) is 11.4 Å². The van der Waals surface area contributed by atoms with E-state index in [9.17, 15) is 8.42 Å². The van der Waals surface area contributed by atoms with Crippen molar-refractivity contribution in [2.24, 2.45) is 0 Å². The Morgan fingerprint density at radius 2 is 2.10 bits per heavy atom. The first-order chi connectivity index (χ1) is 4.52. The molecule has 0 N–H and O–H groups in total. The van der Waals surface area contributed by atoms with E-state index in [2.05, 4.69) is 0 Å². The van der Waals surface area contributed by atoms with Gasteiger partial charge >= 0.3 is 0 Å². The minimum absolute atomic E-state index is 0.227. The highest BCUT2D eigenvalue weighted by Gasteiger charge is 2.28. The molecule has 1 heterocycles. The molecule has 0 amide bonds. The van der Waals surface area contributed by atoms with Gasteiger partial charge in [-0.15, -0.1) is 0 Å². The summed E-state index contributed by atoms with van der Waals surface area (Å²) in [4.78, 5) is 0. The quantitative estimate of drug-likeness (QED) is 0.558. The topological polar surface area (TPSA) is 43.4 Å². The molecule has 10 heavy (non-hydrogen) atoms. The zero-order valence-corrected chi connectivity index (χ0v) is 6.76. The van der Waals surface area contributed by atoms with Crippen molar-refractivity contribution in [1.82, 2.24) is 0 Å². The second-order valence-corrected chi connectivity index (χ2v) is 4.67. The highest BCUT2D eigenvalue weighted by atomic mass is 32.2. The highest BCUT2D eigenvalue weighted by molar-refractivity contribution is 7.91. The molecule has 2 atom stereocenters. The molecule has 1 aliphatic heterocycles. The molecule has 0 aromatic heterocycles. The Balaban J connectivity index is 2.84. The van der Waals surface area contributed by atoms with Crippen LogP contribution in [0.15, 0.2) is 12.3 Å². The first kappa shape index (κ1) is 7.60. The van der Waals surface area contributed by atoms with Gasteiger partial charge < -0.3 is 4.74 Å². The predicted molar refractivity (Wildman–Crippen MR) is 38.3 cm³/mol. The van der Waals surface area contributed by atoms with Crippen LogP contribution in [0.1, 0.15) is 6.92 Å². The van der Waals surface area contributed by atoms with E-state index in [4.69, 9.17) is 4.74 Å². The summed E-state index contributed by atoms with van der Waals surface area (Å²) in [7, 11) is -2.96. The third-order valence-electron chi connectivity index (χ3n) is 1.52. The van der Waals surface area contributed by atoms with Crippen LogP contribution in [0.25, 0.3) is 0 Å². The maximum atomic E-state index is 10.9. The van der Waals surface area contributed by atoms with Gasteiger partial charge in [0.15, 0.2) is 9.84 Å². The van der Waals surface area contributed by atoms with E-state index in [-0.39, 0.29) is 6.10 Å². The van der Waals surface area contributed by atoms with Gasteiger partial charge in [0.2, 0.25) is 0 Å². The molecule has 2 unspecified atom stereocenters. The van der Waals surface area contributed by atoms with E-state index in [0.717, 1.165) is 0 Å². The van der Waals surface area contributed by atoms with Crippen molar-refractivity contribution in [1.29, 1.82) is 0 Å². The molecule has 0 aliphatic carbocycles. The molecular formula is C6H10O3S. The standard InChI is InChI=1S/C6H10O3S/c1-5-6(3-4-9-5)10(2,7)8/h3-6H,1-2H3. The van der Waals surface area contributed by atoms with Crippen LogP contribution in [0, 0.1) is 0 Å². The normalized spacial score (nSPS) is 32.2. The van der Waals surface area contributed by atoms with Crippen LogP contribution in [0.2, 0.25) is 0 Å². The van der Waals surface area contributed by atoms with Gasteiger partial charge in [0, 0.05) is 6.26 Å². The van der Waals surface area contributed by atoms with Crippen LogP contribution >= 0.6 is 0 Å². The summed E-state index contributed by atoms with van der Waals surface area (Å²) in [5, 5.41) is -0.451. The van der Waals surface area contributed by atoms with Crippen molar-refractivity contribution in [3.8, 4) is 0 Å². The van der Waals surface area contributed by atoms with Gasteiger partial charge in [-0.2, -0.15) is 0 Å². The summed E-state index contributed by atoms with van der Waals surface area (Å²) in [5.41, 5.74) is 0. The molecule has 0 bridgehead atoms. The maximum absolute atomic E-state index is 10.9. The van der Waals surface area contributed by atoms with Crippen molar-refractivity contribution < 1.29 is 13.2 Å². The molecule has 0 aromatic rings. The summed E-state index contributed by atoms with van der Waals surface area (Å²) in [5.74, 6) is 0. The van der Waals surface area contributed by atoms with E-state index in [1.54, 1.807) is 13.0 Å². The fourth-order valence-corrected chi connectivity index (χ4v) is 2.08. The monoisotopic (exact) mass is 162 g/mol. The fourth-order valence-electron chi connectivity index (χ4n) is 0.971. The van der Waals surface area contributed by atoms with Gasteiger partial charge in [0.05, 0.1) is 6.26 Å². The van der Waals surface area contributed by atoms with Crippen LogP contribution in [-0.4, -0.2) is 26.0 Å². The Kier molecular flexibility index (Phi) is 1.72. The highest BCUT2D eigenvalue weighted by Crippen LogP contribution is 2.16. The number of hydrogen-bond donors (Lipinski definition) is 0. The van der Waals surface area contributed by atoms with Crippen molar-refractivity contribution in [3.63, 3.8) is 0 Å². The molecule has 0 radical (unpaired) electrons. The number of hydrogen-bond acceptors (Lipinski definition) is 3. The van der Waals surface area contributed by atoms with Gasteiger partial charge in [-0.3, -0.25) is 0 Å². The third-order valence-corrected chi connectivity index (χ3v) is 3.05. The lowest BCUT2D eigenvalue weighted by Gasteiger charge is -2.10. The average molecular weight is 162 g/mol. The molecule has 0 saturated heterocycles. The Morgan fingerprint density at radius 1 is 1.50 bits per heavy atom. The second-order valence-electron chi connectivity index (χ2n) is 2.46. The molecule has 3 nitrogen and oxygen atoms in total. The number of rotatable bonds is 1. The lowest BCUT2D eigenvalue weighted by molar-refractivity contribution is 0.190. The van der Waals surface area contributed by atoms with Crippen LogP contribution in [0.4, 0.5) is 0 Å². The summed E-state index contributed by atoms with van der Waals surface area (Å²) in [6.07, 6.45) is 4.00. The van der Waals surface area contributed by atoms with Crippen LogP contribution in [0.5, 0.6) is 0 Å². The lowest BCUT2D eigenvalue weighted by Crippen LogP contribution is -2.26. The van der Waals surface area contributed by atoms with Crippen molar-refractivity contribution in [3.05, 3.63) is 12.3 Å². The number of ether oxygens (including phenoxy) is 1. The van der Waals surface area contributed by atoms with Crippen LogP contribution in [-0.2, 0) is 14.6 Å². The summed E-state index contributed by atoms with van der Waals surface area (Å²) in [6, 6.07) is 0. The average Bonchev–Trinajstić information content (AvgIpc) is 2.11. The summed E-state index contributed by atoms with van der Waals surface area (Å²) >= 11 is 0. The summed E-state index contributed by atoms with van der Waals surface area (Å²) in [6.45, 7) is 1.74. The molecular weight excluding hydrogens is 152 g/mol. The third kappa shape index (κ3) is 1.31. The van der Waals surface area contributed by atoms with E-state index >= 15 is 0 Å². The minimum atomic E-state index is -2.96. The van der Waals surface area contributed by atoms with E-state index in [0.29, 0.717) is 0 Å². The molecule has 58 valence electrons. The molecule has 0 saturated carbocycles. The molecule has 1 rings (SSSR count). The zero-order valence-electron chi connectivity index (χ0n) is 5.94. The van der Waals surface area contributed by atoms with Gasteiger partial charge in [0.25, 0.3) is 0 Å². The molecule has 4 heteroatoms. The second kappa shape index (κ2) is 2.27. The van der Waals surface area contributed by atoms with Crippen LogP contribution in [0.3, 0.4) is 0 Å². The largest absolute Gasteiger partial charge is 0.497 e. The zero-order chi connectivity index (χ0) is 7.78. The van der Waals surface area contributed by atoms with Gasteiger partial charge in [-0.25, -0.2) is 8.42 Å². The van der Waals surface area contributed by atoms with E-state index in [1.807, 2.05) is 0 Å². The smallest absolute Gasteiger partial charge is 0.157 e. The summed E-state index contributed by atoms with van der Waals surface area (Å²) < 4.78 is 26.8. The molecule has 0 aromatic carbocycles. The lowest BCUT2D eigenvalue weighted by atomic mass is 10.3. The SMILES string of the molecule is CC1OC=CC1S(C)(=O)=O. The fraction of sp³-hybridized carbons (Fsp3) is 0.667. The molecule has 0 fully saturated rings. The predicted octanol–water partition coefficient (Wildman–Crippen LogP) is 0.332. The van der Waals surface area contributed by atoms with Crippen molar-refractivity contribution in [2.45, 2.75) is 18.3 Å². The van der Waals surface area contributed by atoms with Crippen LogP contribution < -0.4 is 0 Å². The minimum Gasteiger partial charge on any atom is -0.497 e. The molecule has 0 spiro atoms. The Hall–Kier alpha value is -0.510. The first-order valence-electron chi connectivity index (χ1n) is 3.03. The first-order valence-corrected chi connectivity index (χ1v) is 4.98. The van der Waals surface area contributed by atoms with Gasteiger partial charge in [-0.1, -0.05) is 0 Å². The van der Waals surface area contributed by atoms with E-state index in [1.165, 1.54) is 12.5 Å². The van der Waals surface area contributed by atoms with Crippen molar-refractivity contribution in [2.75, 3.05) is 6.26 Å². The Morgan fingerprint density at radius 3 is 2.30 bits per heavy atom. The van der Waals surface area contributed by atoms with Gasteiger partial charge in [-0.05, 0) is 13.0 Å². The maximum Gasteiger partial charge on any atom is 0.157 e.